The molecule has 160 valence electrons. The number of amides is 1. The molecule has 0 radical (unpaired) electrons. The molecule has 3 rings (SSSR count). The van der Waals surface area contributed by atoms with Gasteiger partial charge in [0.05, 0.1) is 16.9 Å². The average molecular weight is 431 g/mol. The Kier molecular flexibility index (Phi) is 6.75. The van der Waals surface area contributed by atoms with Gasteiger partial charge in [0.1, 0.15) is 16.7 Å². The Bertz CT molecular complexity index is 972. The smallest absolute Gasteiger partial charge is 0.258 e. The molecule has 1 aliphatic rings. The van der Waals surface area contributed by atoms with Gasteiger partial charge < -0.3 is 9.80 Å². The summed E-state index contributed by atoms with van der Waals surface area (Å²) in [4.78, 5) is 37.5. The molecular formula is C22H27FN4O2S. The number of halogens is 1. The summed E-state index contributed by atoms with van der Waals surface area (Å²) in [6, 6.07) is 4.55. The van der Waals surface area contributed by atoms with Crippen molar-refractivity contribution in [3.05, 3.63) is 46.7 Å². The minimum Gasteiger partial charge on any atom is -0.366 e. The van der Waals surface area contributed by atoms with Gasteiger partial charge in [-0.1, -0.05) is 13.8 Å². The highest BCUT2D eigenvalue weighted by Crippen LogP contribution is 2.26. The Labute approximate surface area is 180 Å². The number of anilines is 1. The molecule has 1 aromatic heterocycles. The van der Waals surface area contributed by atoms with Crippen LogP contribution < -0.4 is 4.90 Å². The standard InChI is InChI=1S/C22H27FN4O2S/c1-13(2)20-24-14(3)19(21(25-20)30-5)22(29)27-10-8-26(9-11-27)18-7-6-16(15(4)28)12-17(18)23/h6-7,12-13H,8-11H2,1-5H3. The van der Waals surface area contributed by atoms with Crippen molar-refractivity contribution in [2.75, 3.05) is 37.3 Å². The van der Waals surface area contributed by atoms with Gasteiger partial charge in [-0.15, -0.1) is 11.8 Å². The molecule has 1 aliphatic heterocycles. The fourth-order valence-electron chi connectivity index (χ4n) is 3.51. The van der Waals surface area contributed by atoms with Crippen LogP contribution in [-0.4, -0.2) is 59.0 Å². The molecular weight excluding hydrogens is 403 g/mol. The minimum absolute atomic E-state index is 0.0841. The van der Waals surface area contributed by atoms with Crippen LogP contribution in [0.2, 0.25) is 0 Å². The average Bonchev–Trinajstić information content (AvgIpc) is 2.72. The summed E-state index contributed by atoms with van der Waals surface area (Å²) in [5, 5.41) is 0.699. The molecule has 1 amide bonds. The van der Waals surface area contributed by atoms with Crippen molar-refractivity contribution in [2.45, 2.75) is 38.6 Å². The lowest BCUT2D eigenvalue weighted by molar-refractivity contribution is 0.0740. The first-order valence-electron chi connectivity index (χ1n) is 10.00. The van der Waals surface area contributed by atoms with Gasteiger partial charge in [0.15, 0.2) is 5.78 Å². The Hall–Kier alpha value is -2.48. The number of hydrogen-bond acceptors (Lipinski definition) is 6. The molecule has 1 saturated heterocycles. The Morgan fingerprint density at radius 2 is 1.80 bits per heavy atom. The fraction of sp³-hybridized carbons (Fsp3) is 0.455. The number of piperazine rings is 1. The van der Waals surface area contributed by atoms with Crippen LogP contribution in [0.4, 0.5) is 10.1 Å². The van der Waals surface area contributed by atoms with E-state index in [0.29, 0.717) is 53.7 Å². The topological polar surface area (TPSA) is 66.4 Å². The number of benzene rings is 1. The van der Waals surface area contributed by atoms with E-state index in [0.717, 1.165) is 5.82 Å². The van der Waals surface area contributed by atoms with E-state index < -0.39 is 5.82 Å². The van der Waals surface area contributed by atoms with Crippen LogP contribution in [0.25, 0.3) is 0 Å². The number of rotatable bonds is 5. The lowest BCUT2D eigenvalue weighted by Gasteiger charge is -2.36. The van der Waals surface area contributed by atoms with E-state index in [9.17, 15) is 14.0 Å². The zero-order valence-electron chi connectivity index (χ0n) is 18.0. The monoisotopic (exact) mass is 430 g/mol. The third kappa shape index (κ3) is 4.48. The molecule has 2 heterocycles. The number of carbonyl (C=O) groups is 2. The number of aryl methyl sites for hydroxylation is 1. The van der Waals surface area contributed by atoms with Gasteiger partial charge in [0.2, 0.25) is 0 Å². The second kappa shape index (κ2) is 9.12. The minimum atomic E-state index is -0.416. The molecule has 0 aliphatic carbocycles. The largest absolute Gasteiger partial charge is 0.366 e. The fourth-order valence-corrected chi connectivity index (χ4v) is 4.13. The summed E-state index contributed by atoms with van der Waals surface area (Å²) in [5.74, 6) is 0.260. The molecule has 30 heavy (non-hydrogen) atoms. The molecule has 1 fully saturated rings. The number of Topliss-reactive ketones (excluding diaryl/α,β-unsaturated/α-hetero) is 1. The Morgan fingerprint density at radius 3 is 2.33 bits per heavy atom. The van der Waals surface area contributed by atoms with Gasteiger partial charge in [-0.05, 0) is 38.3 Å². The van der Waals surface area contributed by atoms with E-state index in [2.05, 4.69) is 9.97 Å². The quantitative estimate of drug-likeness (QED) is 0.407. The maximum absolute atomic E-state index is 14.5. The molecule has 0 bridgehead atoms. The van der Waals surface area contributed by atoms with Crippen LogP contribution >= 0.6 is 11.8 Å². The zero-order chi connectivity index (χ0) is 22.0. The second-order valence-electron chi connectivity index (χ2n) is 7.71. The summed E-state index contributed by atoms with van der Waals surface area (Å²) < 4.78 is 14.5. The number of thioether (sulfide) groups is 1. The molecule has 0 N–H and O–H groups in total. The molecule has 0 saturated carbocycles. The van der Waals surface area contributed by atoms with E-state index in [1.165, 1.54) is 24.8 Å². The maximum atomic E-state index is 14.5. The third-order valence-electron chi connectivity index (χ3n) is 5.26. The van der Waals surface area contributed by atoms with Crippen LogP contribution in [0.1, 0.15) is 58.9 Å². The number of aromatic nitrogens is 2. The highest BCUT2D eigenvalue weighted by atomic mass is 32.2. The van der Waals surface area contributed by atoms with E-state index in [1.54, 1.807) is 17.0 Å². The highest BCUT2D eigenvalue weighted by Gasteiger charge is 2.28. The van der Waals surface area contributed by atoms with Crippen LogP contribution in [0.5, 0.6) is 0 Å². The van der Waals surface area contributed by atoms with Crippen LogP contribution in [0.15, 0.2) is 23.2 Å². The van der Waals surface area contributed by atoms with Gasteiger partial charge in [0, 0.05) is 37.7 Å². The van der Waals surface area contributed by atoms with E-state index in [-0.39, 0.29) is 17.6 Å². The van der Waals surface area contributed by atoms with Crippen LogP contribution in [-0.2, 0) is 0 Å². The van der Waals surface area contributed by atoms with Crippen molar-refractivity contribution in [2.24, 2.45) is 0 Å². The van der Waals surface area contributed by atoms with Crippen molar-refractivity contribution < 1.29 is 14.0 Å². The van der Waals surface area contributed by atoms with Gasteiger partial charge in [-0.2, -0.15) is 0 Å². The van der Waals surface area contributed by atoms with Crippen molar-refractivity contribution in [3.63, 3.8) is 0 Å². The molecule has 0 atom stereocenters. The number of carbonyl (C=O) groups excluding carboxylic acids is 2. The first-order chi connectivity index (χ1) is 14.2. The molecule has 0 spiro atoms. The maximum Gasteiger partial charge on any atom is 0.258 e. The molecule has 6 nitrogen and oxygen atoms in total. The third-order valence-corrected chi connectivity index (χ3v) is 5.94. The number of hydrogen-bond donors (Lipinski definition) is 0. The summed E-state index contributed by atoms with van der Waals surface area (Å²) in [7, 11) is 0. The van der Waals surface area contributed by atoms with Crippen LogP contribution in [0, 0.1) is 12.7 Å². The Balaban J connectivity index is 1.76. The van der Waals surface area contributed by atoms with E-state index in [4.69, 9.17) is 0 Å². The van der Waals surface area contributed by atoms with Crippen molar-refractivity contribution in [1.82, 2.24) is 14.9 Å². The van der Waals surface area contributed by atoms with Crippen molar-refractivity contribution in [3.8, 4) is 0 Å². The van der Waals surface area contributed by atoms with Crippen LogP contribution in [0.3, 0.4) is 0 Å². The van der Waals surface area contributed by atoms with Gasteiger partial charge in [0.25, 0.3) is 5.91 Å². The van der Waals surface area contributed by atoms with Gasteiger partial charge in [-0.3, -0.25) is 9.59 Å². The first-order valence-corrected chi connectivity index (χ1v) is 11.2. The van der Waals surface area contributed by atoms with Crippen molar-refractivity contribution >= 4 is 29.1 Å². The number of ketones is 1. The number of nitrogens with zero attached hydrogens (tertiary/aromatic N) is 4. The van der Waals surface area contributed by atoms with Gasteiger partial charge >= 0.3 is 0 Å². The van der Waals surface area contributed by atoms with Crippen molar-refractivity contribution in [1.29, 1.82) is 0 Å². The van der Waals surface area contributed by atoms with E-state index >= 15 is 0 Å². The summed E-state index contributed by atoms with van der Waals surface area (Å²) in [6.45, 7) is 9.31. The first kappa shape index (κ1) is 22.2. The second-order valence-corrected chi connectivity index (χ2v) is 8.50. The molecule has 0 unspecified atom stereocenters. The molecule has 2 aromatic rings. The summed E-state index contributed by atoms with van der Waals surface area (Å²) in [5.41, 5.74) is 2.06. The predicted molar refractivity (Wildman–Crippen MR) is 117 cm³/mol. The predicted octanol–water partition coefficient (Wildman–Crippen LogP) is 3.93. The summed E-state index contributed by atoms with van der Waals surface area (Å²) >= 11 is 1.45. The van der Waals surface area contributed by atoms with Gasteiger partial charge in [-0.25, -0.2) is 14.4 Å². The summed E-state index contributed by atoms with van der Waals surface area (Å²) in [6.07, 6.45) is 1.91. The SMILES string of the molecule is CSc1nc(C(C)C)nc(C)c1C(=O)N1CCN(c2ccc(C(C)=O)cc2F)CC1. The lowest BCUT2D eigenvalue weighted by Crippen LogP contribution is -2.49. The van der Waals surface area contributed by atoms with E-state index in [1.807, 2.05) is 31.9 Å². The molecule has 1 aromatic carbocycles. The Morgan fingerprint density at radius 1 is 1.13 bits per heavy atom. The highest BCUT2D eigenvalue weighted by molar-refractivity contribution is 7.98. The zero-order valence-corrected chi connectivity index (χ0v) is 18.8. The lowest BCUT2D eigenvalue weighted by atomic mass is 10.1. The molecule has 8 heteroatoms. The normalized spacial score (nSPS) is 14.4.